The summed E-state index contributed by atoms with van der Waals surface area (Å²) in [5.41, 5.74) is 13.8. The van der Waals surface area contributed by atoms with E-state index in [1.54, 1.807) is 0 Å². The standard InChI is InChI=1S/C57H76N2OS3/c1-9-15-19-21-25-43-35-52(61-40(43)8)48-31-32-49(55-54(48)58-63-59-55)53-36-44(26-22-20-16-10-2)56(62-53)45-28-30-46-47-29-27-39(7)33-51(47)60-57(50(46)34-45,37-41(13-5)23-17-11-3)38-42(14-6)24-18-12-4/h27-36,41-42H,9-26,37-38H2,1-8H3. The Labute approximate surface area is 393 Å². The Kier molecular flexibility index (Phi) is 17.2. The lowest BCUT2D eigenvalue weighted by molar-refractivity contribution is 0.00705. The first-order chi connectivity index (χ1) is 30.8. The fourth-order valence-corrected chi connectivity index (χ4v) is 13.3. The van der Waals surface area contributed by atoms with Gasteiger partial charge in [0, 0.05) is 41.8 Å². The number of aromatic nitrogens is 2. The molecule has 3 aromatic heterocycles. The zero-order chi connectivity index (χ0) is 44.3. The Morgan fingerprint density at radius 2 is 1.11 bits per heavy atom. The van der Waals surface area contributed by atoms with E-state index in [2.05, 4.69) is 116 Å². The van der Waals surface area contributed by atoms with Crippen LogP contribution in [0.2, 0.25) is 0 Å². The van der Waals surface area contributed by atoms with Crippen LogP contribution >= 0.6 is 34.4 Å². The fraction of sp³-hybridized carbons (Fsp3) is 0.544. The maximum atomic E-state index is 7.65. The average Bonchev–Trinajstić information content (AvgIpc) is 4.05. The summed E-state index contributed by atoms with van der Waals surface area (Å²) in [6.45, 7) is 18.6. The molecule has 2 atom stereocenters. The summed E-state index contributed by atoms with van der Waals surface area (Å²) in [4.78, 5) is 5.47. The smallest absolute Gasteiger partial charge is 0.135 e. The SMILES string of the molecule is CCCCCCc1cc(-c2ccc(-c3cc(CCCCCC)c(-c4ccc5c(c4)C(CC(CC)CCCC)(CC(CC)CCCC)Oc4cc(C)ccc4-5)s3)c3nsnc23)sc1C. The molecule has 63 heavy (non-hydrogen) atoms. The Hall–Kier alpha value is -3.32. The van der Waals surface area contributed by atoms with Gasteiger partial charge in [0.05, 0.1) is 11.7 Å². The molecular formula is C57H76N2OS3. The van der Waals surface area contributed by atoms with E-state index in [1.807, 2.05) is 22.7 Å². The molecule has 6 aromatic rings. The molecule has 0 saturated carbocycles. The first-order valence-electron chi connectivity index (χ1n) is 25.2. The Morgan fingerprint density at radius 3 is 1.71 bits per heavy atom. The van der Waals surface area contributed by atoms with Gasteiger partial charge in [-0.25, -0.2) is 0 Å². The lowest BCUT2D eigenvalue weighted by atomic mass is 9.71. The van der Waals surface area contributed by atoms with Crippen molar-refractivity contribution in [1.82, 2.24) is 8.75 Å². The van der Waals surface area contributed by atoms with E-state index in [0.29, 0.717) is 11.8 Å². The van der Waals surface area contributed by atoms with Crippen LogP contribution < -0.4 is 4.74 Å². The Morgan fingerprint density at radius 1 is 0.556 bits per heavy atom. The maximum absolute atomic E-state index is 7.65. The second-order valence-corrected chi connectivity index (χ2v) is 21.8. The number of unbranched alkanes of at least 4 members (excludes halogenated alkanes) is 8. The molecule has 7 rings (SSSR count). The van der Waals surface area contributed by atoms with Gasteiger partial charge in [0.15, 0.2) is 0 Å². The van der Waals surface area contributed by atoms with Gasteiger partial charge >= 0.3 is 0 Å². The topological polar surface area (TPSA) is 35.0 Å². The van der Waals surface area contributed by atoms with Gasteiger partial charge in [-0.05, 0) is 116 Å². The summed E-state index contributed by atoms with van der Waals surface area (Å²) >= 11 is 5.24. The number of hydrogen-bond donors (Lipinski definition) is 0. The highest BCUT2D eigenvalue weighted by atomic mass is 32.1. The molecule has 4 heterocycles. The minimum atomic E-state index is -0.375. The van der Waals surface area contributed by atoms with E-state index in [0.717, 1.165) is 42.5 Å². The molecule has 0 spiro atoms. The molecule has 0 radical (unpaired) electrons. The van der Waals surface area contributed by atoms with Crippen LogP contribution in [-0.2, 0) is 18.4 Å². The number of nitrogens with zero attached hydrogens (tertiary/aromatic N) is 2. The quantitative estimate of drug-likeness (QED) is 0.0537. The van der Waals surface area contributed by atoms with E-state index >= 15 is 0 Å². The number of fused-ring (bicyclic) bond motifs is 4. The summed E-state index contributed by atoms with van der Waals surface area (Å²) in [6.07, 6.45) is 24.5. The zero-order valence-corrected chi connectivity index (χ0v) is 42.5. The van der Waals surface area contributed by atoms with Crippen molar-refractivity contribution in [3.63, 3.8) is 0 Å². The summed E-state index contributed by atoms with van der Waals surface area (Å²) in [5, 5.41) is 0. The molecule has 6 heteroatoms. The summed E-state index contributed by atoms with van der Waals surface area (Å²) in [7, 11) is 0. The van der Waals surface area contributed by atoms with Crippen LogP contribution in [0, 0.1) is 25.7 Å². The van der Waals surface area contributed by atoms with Crippen molar-refractivity contribution in [2.45, 2.75) is 189 Å². The predicted molar refractivity (Wildman–Crippen MR) is 278 cm³/mol. The first kappa shape index (κ1) is 47.6. The normalized spacial score (nSPS) is 15.7. The van der Waals surface area contributed by atoms with Crippen molar-refractivity contribution in [2.75, 3.05) is 0 Å². The van der Waals surface area contributed by atoms with Crippen LogP contribution in [0.15, 0.2) is 60.7 Å². The first-order valence-corrected chi connectivity index (χ1v) is 27.5. The largest absolute Gasteiger partial charge is 0.482 e. The van der Waals surface area contributed by atoms with Crippen LogP contribution in [0.3, 0.4) is 0 Å². The Bertz CT molecular complexity index is 2360. The molecule has 3 nitrogen and oxygen atoms in total. The van der Waals surface area contributed by atoms with Gasteiger partial charge < -0.3 is 4.74 Å². The second-order valence-electron chi connectivity index (χ2n) is 19.0. The summed E-state index contributed by atoms with van der Waals surface area (Å²) < 4.78 is 17.7. The number of thiophene rings is 2. The molecule has 2 unspecified atom stereocenters. The van der Waals surface area contributed by atoms with Crippen molar-refractivity contribution in [1.29, 1.82) is 0 Å². The number of benzene rings is 3. The third kappa shape index (κ3) is 11.0. The highest BCUT2D eigenvalue weighted by Crippen LogP contribution is 2.54. The second kappa shape index (κ2) is 22.7. The molecule has 1 aliphatic rings. The summed E-state index contributed by atoms with van der Waals surface area (Å²) in [5.74, 6) is 2.31. The van der Waals surface area contributed by atoms with Gasteiger partial charge in [0.25, 0.3) is 0 Å². The van der Waals surface area contributed by atoms with E-state index in [1.165, 1.54) is 184 Å². The summed E-state index contributed by atoms with van der Waals surface area (Å²) in [6, 6.07) is 24.0. The zero-order valence-electron chi connectivity index (χ0n) is 40.1. The third-order valence-electron chi connectivity index (χ3n) is 14.2. The number of aryl methyl sites for hydroxylation is 4. The van der Waals surface area contributed by atoms with E-state index < -0.39 is 0 Å². The van der Waals surface area contributed by atoms with Crippen molar-refractivity contribution in [2.24, 2.45) is 11.8 Å². The molecule has 0 saturated heterocycles. The minimum Gasteiger partial charge on any atom is -0.482 e. The molecule has 0 amide bonds. The van der Waals surface area contributed by atoms with Gasteiger partial charge in [-0.3, -0.25) is 0 Å². The van der Waals surface area contributed by atoms with Crippen molar-refractivity contribution >= 4 is 45.4 Å². The molecule has 0 fully saturated rings. The highest BCUT2D eigenvalue weighted by Gasteiger charge is 2.44. The lowest BCUT2D eigenvalue weighted by Crippen LogP contribution is -2.40. The minimum absolute atomic E-state index is 0.375. The van der Waals surface area contributed by atoms with Crippen LogP contribution in [0.5, 0.6) is 5.75 Å². The number of ether oxygens (including phenoxy) is 1. The fourth-order valence-electron chi connectivity index (χ4n) is 10.3. The molecule has 0 aliphatic carbocycles. The number of rotatable bonds is 25. The van der Waals surface area contributed by atoms with Crippen molar-refractivity contribution in [3.8, 4) is 48.2 Å². The van der Waals surface area contributed by atoms with Gasteiger partial charge in [0.1, 0.15) is 22.4 Å². The molecule has 3 aromatic carbocycles. The molecular weight excluding hydrogens is 825 g/mol. The lowest BCUT2D eigenvalue weighted by Gasteiger charge is -2.44. The Balaban J connectivity index is 1.34. The predicted octanol–water partition coefficient (Wildman–Crippen LogP) is 19.1. The monoisotopic (exact) mass is 901 g/mol. The number of hydrogen-bond acceptors (Lipinski definition) is 6. The maximum Gasteiger partial charge on any atom is 0.135 e. The van der Waals surface area contributed by atoms with Crippen LogP contribution in [0.25, 0.3) is 53.5 Å². The van der Waals surface area contributed by atoms with Gasteiger partial charge in [-0.1, -0.05) is 168 Å². The highest BCUT2D eigenvalue weighted by molar-refractivity contribution is 7.19. The van der Waals surface area contributed by atoms with Gasteiger partial charge in [0.2, 0.25) is 0 Å². The molecule has 0 N–H and O–H groups in total. The van der Waals surface area contributed by atoms with Crippen molar-refractivity contribution in [3.05, 3.63) is 87.8 Å². The van der Waals surface area contributed by atoms with Gasteiger partial charge in [-0.15, -0.1) is 22.7 Å². The van der Waals surface area contributed by atoms with Crippen LogP contribution in [0.4, 0.5) is 0 Å². The molecule has 338 valence electrons. The van der Waals surface area contributed by atoms with Crippen molar-refractivity contribution < 1.29 is 4.74 Å². The van der Waals surface area contributed by atoms with E-state index in [-0.39, 0.29) is 5.60 Å². The van der Waals surface area contributed by atoms with E-state index in [9.17, 15) is 0 Å². The van der Waals surface area contributed by atoms with E-state index in [4.69, 9.17) is 13.5 Å². The van der Waals surface area contributed by atoms with Gasteiger partial charge in [-0.2, -0.15) is 8.75 Å². The van der Waals surface area contributed by atoms with Crippen LogP contribution in [-0.4, -0.2) is 8.75 Å². The molecule has 1 aliphatic heterocycles. The van der Waals surface area contributed by atoms with Crippen LogP contribution in [0.1, 0.15) is 184 Å². The average molecular weight is 901 g/mol. The third-order valence-corrected chi connectivity index (χ3v) is 17.1. The molecule has 0 bridgehead atoms.